The molecule has 8 heteroatoms. The number of halogens is 3. The first-order valence-electron chi connectivity index (χ1n) is 5.72. The van der Waals surface area contributed by atoms with E-state index in [9.17, 15) is 18.0 Å². The number of carbonyl (C=O) groups excluding carboxylic acids is 1. The highest BCUT2D eigenvalue weighted by molar-refractivity contribution is 5.92. The number of hydrogen-bond donors (Lipinski definition) is 1. The maximum absolute atomic E-state index is 12.4. The molecule has 0 amide bonds. The summed E-state index contributed by atoms with van der Waals surface area (Å²) in [5, 5.41) is 0. The maximum atomic E-state index is 12.4. The van der Waals surface area contributed by atoms with Gasteiger partial charge in [-0.05, 0) is 6.92 Å². The maximum Gasteiger partial charge on any atom is 0.391 e. The Kier molecular flexibility index (Phi) is 4.43. The molecule has 0 aliphatic carbocycles. The molecule has 5 nitrogen and oxygen atoms in total. The third kappa shape index (κ3) is 3.39. The average Bonchev–Trinajstić information content (AvgIpc) is 2.63. The van der Waals surface area contributed by atoms with Crippen LogP contribution in [-0.4, -0.2) is 28.8 Å². The Balaban J connectivity index is 3.19. The van der Waals surface area contributed by atoms with E-state index in [0.717, 1.165) is 7.11 Å². The van der Waals surface area contributed by atoms with Crippen LogP contribution in [0, 0.1) is 0 Å². The molecule has 2 N–H and O–H groups in total. The molecule has 1 aromatic rings. The highest BCUT2D eigenvalue weighted by Crippen LogP contribution is 2.31. The van der Waals surface area contributed by atoms with Crippen LogP contribution in [0.2, 0.25) is 0 Å². The molecular weight excluding hydrogens is 263 g/mol. The van der Waals surface area contributed by atoms with Crippen LogP contribution in [0.15, 0.2) is 0 Å². The van der Waals surface area contributed by atoms with Gasteiger partial charge in [0.2, 0.25) is 0 Å². The second-order valence-electron chi connectivity index (χ2n) is 4.15. The Hall–Kier alpha value is -1.73. The van der Waals surface area contributed by atoms with Crippen molar-refractivity contribution in [2.75, 3.05) is 12.8 Å². The Labute approximate surface area is 108 Å². The third-order valence-corrected chi connectivity index (χ3v) is 2.68. The zero-order chi connectivity index (χ0) is 14.8. The average molecular weight is 279 g/mol. The Bertz CT molecular complexity index is 468. The lowest BCUT2D eigenvalue weighted by molar-refractivity contribution is -0.141. The fourth-order valence-corrected chi connectivity index (χ4v) is 1.91. The molecular formula is C11H16F3N3O2. The molecule has 1 atom stereocenters. The summed E-state index contributed by atoms with van der Waals surface area (Å²) in [5.74, 6) is -0.528. The fraction of sp³-hybridized carbons (Fsp3) is 0.636. The van der Waals surface area contributed by atoms with Gasteiger partial charge in [0.05, 0.1) is 13.5 Å². The minimum absolute atomic E-state index is 0.0968. The molecule has 0 radical (unpaired) electrons. The number of anilines is 1. The first-order valence-corrected chi connectivity index (χ1v) is 5.72. The van der Waals surface area contributed by atoms with Crippen molar-refractivity contribution in [3.05, 3.63) is 11.5 Å². The molecule has 108 valence electrons. The van der Waals surface area contributed by atoms with Crippen LogP contribution in [0.25, 0.3) is 0 Å². The summed E-state index contributed by atoms with van der Waals surface area (Å²) in [4.78, 5) is 15.4. The van der Waals surface area contributed by atoms with Crippen LogP contribution in [0.5, 0.6) is 0 Å². The number of ether oxygens (including phenoxy) is 1. The Morgan fingerprint density at radius 2 is 2.11 bits per heavy atom. The molecule has 1 heterocycles. The van der Waals surface area contributed by atoms with Gasteiger partial charge in [-0.2, -0.15) is 13.2 Å². The predicted molar refractivity (Wildman–Crippen MR) is 62.7 cm³/mol. The largest absolute Gasteiger partial charge is 0.464 e. The standard InChI is InChI=1S/C11H16F3N3O2/c1-4-7-16-8(10(18)19-3)9(15)17(7)6(2)5-11(12,13)14/h6H,4-5,15H2,1-3H3. The number of nitrogen functional groups attached to an aromatic ring is 1. The molecule has 1 aromatic heterocycles. The number of nitrogens with zero attached hydrogens (tertiary/aromatic N) is 2. The van der Waals surface area contributed by atoms with Crippen LogP contribution >= 0.6 is 0 Å². The number of aryl methyl sites for hydroxylation is 1. The van der Waals surface area contributed by atoms with Crippen LogP contribution in [0.4, 0.5) is 19.0 Å². The summed E-state index contributed by atoms with van der Waals surface area (Å²) in [6, 6.07) is -0.930. The number of esters is 1. The van der Waals surface area contributed by atoms with Gasteiger partial charge in [0.15, 0.2) is 5.69 Å². The molecule has 0 aromatic carbocycles. The first kappa shape index (κ1) is 15.3. The van der Waals surface area contributed by atoms with E-state index in [1.807, 2.05) is 0 Å². The van der Waals surface area contributed by atoms with Gasteiger partial charge >= 0.3 is 12.1 Å². The summed E-state index contributed by atoms with van der Waals surface area (Å²) < 4.78 is 43.0. The normalized spacial score (nSPS) is 13.4. The number of nitrogens with two attached hydrogens (primary N) is 1. The Morgan fingerprint density at radius 3 is 2.53 bits per heavy atom. The van der Waals surface area contributed by atoms with Crippen molar-refractivity contribution in [3.8, 4) is 0 Å². The van der Waals surface area contributed by atoms with Gasteiger partial charge in [-0.25, -0.2) is 9.78 Å². The van der Waals surface area contributed by atoms with Crippen molar-refractivity contribution >= 4 is 11.8 Å². The van der Waals surface area contributed by atoms with E-state index in [2.05, 4.69) is 9.72 Å². The number of aromatic nitrogens is 2. The van der Waals surface area contributed by atoms with Gasteiger partial charge in [0.1, 0.15) is 11.6 Å². The number of hydrogen-bond acceptors (Lipinski definition) is 4. The molecule has 0 bridgehead atoms. The van der Waals surface area contributed by atoms with E-state index in [-0.39, 0.29) is 11.5 Å². The van der Waals surface area contributed by atoms with Crippen molar-refractivity contribution in [2.24, 2.45) is 0 Å². The van der Waals surface area contributed by atoms with Gasteiger partial charge < -0.3 is 15.0 Å². The SMILES string of the molecule is CCc1nc(C(=O)OC)c(N)n1C(C)CC(F)(F)F. The van der Waals surface area contributed by atoms with Crippen molar-refractivity contribution in [3.63, 3.8) is 0 Å². The predicted octanol–water partition coefficient (Wildman–Crippen LogP) is 2.33. The lowest BCUT2D eigenvalue weighted by Crippen LogP contribution is -2.19. The molecule has 0 aliphatic rings. The topological polar surface area (TPSA) is 70.1 Å². The summed E-state index contributed by atoms with van der Waals surface area (Å²) in [7, 11) is 1.16. The number of imidazole rings is 1. The monoisotopic (exact) mass is 279 g/mol. The van der Waals surface area contributed by atoms with Crippen LogP contribution in [0.3, 0.4) is 0 Å². The van der Waals surface area contributed by atoms with Crippen molar-refractivity contribution in [2.45, 2.75) is 38.9 Å². The molecule has 1 unspecified atom stereocenters. The summed E-state index contributed by atoms with van der Waals surface area (Å²) >= 11 is 0. The van der Waals surface area contributed by atoms with E-state index in [0.29, 0.717) is 12.2 Å². The molecule has 0 spiro atoms. The first-order chi connectivity index (χ1) is 8.71. The van der Waals surface area contributed by atoms with E-state index in [4.69, 9.17) is 5.73 Å². The minimum Gasteiger partial charge on any atom is -0.464 e. The van der Waals surface area contributed by atoms with Crippen molar-refractivity contribution in [1.29, 1.82) is 0 Å². The third-order valence-electron chi connectivity index (χ3n) is 2.68. The molecule has 0 saturated carbocycles. The van der Waals surface area contributed by atoms with E-state index < -0.39 is 24.6 Å². The van der Waals surface area contributed by atoms with Gasteiger partial charge in [-0.15, -0.1) is 0 Å². The molecule has 0 saturated heterocycles. The van der Waals surface area contributed by atoms with Crippen molar-refractivity contribution in [1.82, 2.24) is 9.55 Å². The zero-order valence-electron chi connectivity index (χ0n) is 10.9. The van der Waals surface area contributed by atoms with Crippen molar-refractivity contribution < 1.29 is 22.7 Å². The van der Waals surface area contributed by atoms with Gasteiger partial charge in [0, 0.05) is 12.5 Å². The smallest absolute Gasteiger partial charge is 0.391 e. The lowest BCUT2D eigenvalue weighted by atomic mass is 10.2. The lowest BCUT2D eigenvalue weighted by Gasteiger charge is -2.19. The fourth-order valence-electron chi connectivity index (χ4n) is 1.91. The van der Waals surface area contributed by atoms with Crippen LogP contribution in [0.1, 0.15) is 42.6 Å². The summed E-state index contributed by atoms with van der Waals surface area (Å²) in [5.41, 5.74) is 5.56. The van der Waals surface area contributed by atoms with Crippen LogP contribution in [-0.2, 0) is 11.2 Å². The molecule has 0 aliphatic heterocycles. The number of methoxy groups -OCH3 is 1. The highest BCUT2D eigenvalue weighted by Gasteiger charge is 2.33. The van der Waals surface area contributed by atoms with Gasteiger partial charge in [0.25, 0.3) is 0 Å². The second kappa shape index (κ2) is 5.50. The molecule has 0 fully saturated rings. The van der Waals surface area contributed by atoms with Gasteiger partial charge in [-0.3, -0.25) is 0 Å². The molecule has 19 heavy (non-hydrogen) atoms. The number of rotatable bonds is 4. The summed E-state index contributed by atoms with van der Waals surface area (Å²) in [6.07, 6.45) is -4.99. The Morgan fingerprint density at radius 1 is 1.53 bits per heavy atom. The molecule has 1 rings (SSSR count). The number of alkyl halides is 3. The summed E-state index contributed by atoms with van der Waals surface area (Å²) in [6.45, 7) is 3.10. The van der Waals surface area contributed by atoms with E-state index in [1.54, 1.807) is 6.92 Å². The van der Waals surface area contributed by atoms with E-state index >= 15 is 0 Å². The highest BCUT2D eigenvalue weighted by atomic mass is 19.4. The van der Waals surface area contributed by atoms with Crippen LogP contribution < -0.4 is 5.73 Å². The van der Waals surface area contributed by atoms with Gasteiger partial charge in [-0.1, -0.05) is 6.92 Å². The zero-order valence-corrected chi connectivity index (χ0v) is 10.9. The second-order valence-corrected chi connectivity index (χ2v) is 4.15. The quantitative estimate of drug-likeness (QED) is 0.859. The minimum atomic E-state index is -4.31. The number of carbonyl (C=O) groups is 1. The van der Waals surface area contributed by atoms with E-state index in [1.165, 1.54) is 11.5 Å².